The van der Waals surface area contributed by atoms with E-state index < -0.39 is 0 Å². The first kappa shape index (κ1) is 34.7. The molecule has 2 atom stereocenters. The van der Waals surface area contributed by atoms with Crippen LogP contribution < -0.4 is 16.4 Å². The number of hydrogen-bond donors (Lipinski definition) is 4. The first-order valence-corrected chi connectivity index (χ1v) is 14.2. The quantitative estimate of drug-likeness (QED) is 0.114. The van der Waals surface area contributed by atoms with Gasteiger partial charge in [-0.15, -0.1) is 6.58 Å². The number of carbonyl (C=O) groups is 1. The first-order valence-electron chi connectivity index (χ1n) is 14.2. The third kappa shape index (κ3) is 14.7. The predicted molar refractivity (Wildman–Crippen MR) is 171 cm³/mol. The SMILES string of the molecule is C=CCC(CO)=N/C=C\CC(=O)N[C@H](C)C[C@@H](CCC)NCC(N)=C(C=NC(C)=Nc1cc(C)cc(C)c1)CC. The largest absolute Gasteiger partial charge is 0.401 e. The van der Waals surface area contributed by atoms with Gasteiger partial charge < -0.3 is 21.5 Å². The van der Waals surface area contributed by atoms with E-state index in [0.29, 0.717) is 24.5 Å². The molecule has 1 rings (SSSR count). The number of amidine groups is 1. The highest BCUT2D eigenvalue weighted by Crippen LogP contribution is 2.17. The number of nitrogens with zero attached hydrogens (tertiary/aromatic N) is 3. The molecule has 8 nitrogen and oxygen atoms in total. The van der Waals surface area contributed by atoms with Gasteiger partial charge in [-0.05, 0) is 75.8 Å². The highest BCUT2D eigenvalue weighted by atomic mass is 16.3. The van der Waals surface area contributed by atoms with E-state index in [-0.39, 0.29) is 31.0 Å². The Morgan fingerprint density at radius 3 is 2.48 bits per heavy atom. The number of nitrogens with one attached hydrogen (secondary N) is 2. The zero-order valence-electron chi connectivity index (χ0n) is 25.3. The number of aryl methyl sites for hydroxylation is 2. The third-order valence-electron chi connectivity index (χ3n) is 6.19. The molecule has 1 aromatic carbocycles. The van der Waals surface area contributed by atoms with Crippen LogP contribution in [0.2, 0.25) is 0 Å². The third-order valence-corrected chi connectivity index (χ3v) is 6.19. The summed E-state index contributed by atoms with van der Waals surface area (Å²) in [6, 6.07) is 6.43. The van der Waals surface area contributed by atoms with Crippen LogP contribution in [-0.2, 0) is 4.79 Å². The molecule has 0 saturated carbocycles. The number of carbonyl (C=O) groups excluding carboxylic acids is 1. The highest BCUT2D eigenvalue weighted by molar-refractivity contribution is 5.94. The van der Waals surface area contributed by atoms with Crippen molar-refractivity contribution in [3.8, 4) is 0 Å². The van der Waals surface area contributed by atoms with Crippen LogP contribution in [0.5, 0.6) is 0 Å². The van der Waals surface area contributed by atoms with Crippen molar-refractivity contribution in [1.82, 2.24) is 10.6 Å². The molecular formula is C32H50N6O2. The monoisotopic (exact) mass is 550 g/mol. The molecule has 0 aromatic heterocycles. The Hall–Kier alpha value is -3.36. The maximum absolute atomic E-state index is 12.4. The van der Waals surface area contributed by atoms with Crippen molar-refractivity contribution in [2.75, 3.05) is 13.2 Å². The number of allylic oxidation sites excluding steroid dienone is 2. The molecular weight excluding hydrogens is 500 g/mol. The molecule has 220 valence electrons. The van der Waals surface area contributed by atoms with Crippen LogP contribution in [-0.4, -0.2) is 54.0 Å². The summed E-state index contributed by atoms with van der Waals surface area (Å²) in [7, 11) is 0. The number of aliphatic hydroxyl groups excluding tert-OH is 1. The average molecular weight is 551 g/mol. The van der Waals surface area contributed by atoms with Crippen LogP contribution in [0.1, 0.15) is 77.3 Å². The van der Waals surface area contributed by atoms with Gasteiger partial charge in [0.15, 0.2) is 0 Å². The topological polar surface area (TPSA) is 124 Å². The van der Waals surface area contributed by atoms with Gasteiger partial charge in [0.2, 0.25) is 5.91 Å². The molecule has 0 radical (unpaired) electrons. The van der Waals surface area contributed by atoms with Crippen molar-refractivity contribution >= 4 is 29.4 Å². The van der Waals surface area contributed by atoms with Crippen molar-refractivity contribution in [3.05, 3.63) is 65.5 Å². The standard InChI is InChI=1S/C32H50N6O2/c1-8-12-28(19-25(6)37-32(40)14-11-15-34-29(22-39)13-9-2)36-21-31(33)27(10-3)20-35-26(7)38-30-17-23(4)16-24(5)18-30/h9,11,15-18,20,25,28,36,39H,2,8,10,12-14,19,21-22,33H2,1,3-7H3,(H,37,40)/b15-11-,31-27?,34-29?,35-20?,38-26?/t25-,28-/m1/s1. The normalized spacial score (nSPS) is 14.9. The van der Waals surface area contributed by atoms with Crippen molar-refractivity contribution in [1.29, 1.82) is 0 Å². The lowest BCUT2D eigenvalue weighted by Gasteiger charge is -2.23. The number of nitrogens with two attached hydrogens (primary N) is 1. The summed E-state index contributed by atoms with van der Waals surface area (Å²) >= 11 is 0. The molecule has 0 spiro atoms. The molecule has 0 aliphatic carbocycles. The maximum atomic E-state index is 12.4. The van der Waals surface area contributed by atoms with Crippen molar-refractivity contribution in [2.45, 2.75) is 92.2 Å². The number of aliphatic hydroxyl groups is 1. The second-order valence-corrected chi connectivity index (χ2v) is 10.2. The van der Waals surface area contributed by atoms with Crippen LogP contribution in [0.25, 0.3) is 0 Å². The highest BCUT2D eigenvalue weighted by Gasteiger charge is 2.14. The number of rotatable bonds is 17. The maximum Gasteiger partial charge on any atom is 0.224 e. The summed E-state index contributed by atoms with van der Waals surface area (Å²) in [5.41, 5.74) is 12.1. The van der Waals surface area contributed by atoms with E-state index in [1.54, 1.807) is 18.4 Å². The zero-order chi connectivity index (χ0) is 29.9. The fourth-order valence-corrected chi connectivity index (χ4v) is 4.29. The number of hydrogen-bond acceptors (Lipinski definition) is 6. The number of benzene rings is 1. The lowest BCUT2D eigenvalue weighted by atomic mass is 10.0. The van der Waals surface area contributed by atoms with Gasteiger partial charge >= 0.3 is 0 Å². The van der Waals surface area contributed by atoms with E-state index in [9.17, 15) is 9.90 Å². The van der Waals surface area contributed by atoms with Crippen LogP contribution in [0.15, 0.2) is 69.4 Å². The summed E-state index contributed by atoms with van der Waals surface area (Å²) in [6.45, 7) is 16.3. The second-order valence-electron chi connectivity index (χ2n) is 10.2. The van der Waals surface area contributed by atoms with Gasteiger partial charge in [-0.2, -0.15) is 0 Å². The van der Waals surface area contributed by atoms with Crippen LogP contribution >= 0.6 is 0 Å². The zero-order valence-corrected chi connectivity index (χ0v) is 25.3. The fourth-order valence-electron chi connectivity index (χ4n) is 4.29. The van der Waals surface area contributed by atoms with Crippen molar-refractivity contribution < 1.29 is 9.90 Å². The summed E-state index contributed by atoms with van der Waals surface area (Å²) in [6.07, 6.45) is 11.1. The van der Waals surface area contributed by atoms with Gasteiger partial charge in [0.1, 0.15) is 5.84 Å². The molecule has 0 heterocycles. The molecule has 1 aromatic rings. The minimum atomic E-state index is -0.126. The number of aliphatic imine (C=N–C) groups is 3. The predicted octanol–water partition coefficient (Wildman–Crippen LogP) is 5.61. The minimum Gasteiger partial charge on any atom is -0.401 e. The van der Waals surface area contributed by atoms with Crippen LogP contribution in [0, 0.1) is 13.8 Å². The Morgan fingerprint density at radius 2 is 1.88 bits per heavy atom. The molecule has 0 bridgehead atoms. The average Bonchev–Trinajstić information content (AvgIpc) is 2.88. The van der Waals surface area contributed by atoms with Crippen LogP contribution in [0.3, 0.4) is 0 Å². The molecule has 0 unspecified atom stereocenters. The Labute approximate surface area is 241 Å². The van der Waals surface area contributed by atoms with Crippen molar-refractivity contribution in [2.24, 2.45) is 20.7 Å². The molecule has 5 N–H and O–H groups in total. The molecule has 8 heteroatoms. The minimum absolute atomic E-state index is 0.00348. The smallest absolute Gasteiger partial charge is 0.224 e. The van der Waals surface area contributed by atoms with Crippen molar-refractivity contribution in [3.63, 3.8) is 0 Å². The van der Waals surface area contributed by atoms with E-state index in [2.05, 4.69) is 66.0 Å². The van der Waals surface area contributed by atoms with E-state index in [0.717, 1.165) is 42.6 Å². The van der Waals surface area contributed by atoms with Gasteiger partial charge in [-0.25, -0.2) is 9.98 Å². The van der Waals surface area contributed by atoms with Gasteiger partial charge in [0, 0.05) is 55.3 Å². The van der Waals surface area contributed by atoms with E-state index in [1.165, 1.54) is 11.1 Å². The lowest BCUT2D eigenvalue weighted by Crippen LogP contribution is -2.40. The van der Waals surface area contributed by atoms with Crippen LogP contribution in [0.4, 0.5) is 5.69 Å². The molecule has 40 heavy (non-hydrogen) atoms. The van der Waals surface area contributed by atoms with E-state index in [1.807, 2.05) is 32.2 Å². The summed E-state index contributed by atoms with van der Waals surface area (Å²) < 4.78 is 0. The Balaban J connectivity index is 2.70. The number of amides is 1. The first-order chi connectivity index (χ1) is 19.1. The van der Waals surface area contributed by atoms with Gasteiger partial charge in [0.05, 0.1) is 12.3 Å². The van der Waals surface area contributed by atoms with Gasteiger partial charge in [0.25, 0.3) is 0 Å². The summed E-state index contributed by atoms with van der Waals surface area (Å²) in [5, 5.41) is 15.9. The lowest BCUT2D eigenvalue weighted by molar-refractivity contribution is -0.120. The summed E-state index contributed by atoms with van der Waals surface area (Å²) in [4.78, 5) is 25.7. The molecule has 0 fully saturated rings. The molecule has 0 aliphatic heterocycles. The molecule has 0 saturated heterocycles. The summed E-state index contributed by atoms with van der Waals surface area (Å²) in [5.74, 6) is 0.614. The second kappa shape index (κ2) is 19.7. The van der Waals surface area contributed by atoms with Gasteiger partial charge in [-0.3, -0.25) is 9.79 Å². The van der Waals surface area contributed by atoms with Gasteiger partial charge in [-0.1, -0.05) is 38.5 Å². The van der Waals surface area contributed by atoms with E-state index >= 15 is 0 Å². The molecule has 0 aliphatic rings. The fraction of sp³-hybridized carbons (Fsp3) is 0.500. The molecule has 1 amide bonds. The Kier molecular flexibility index (Phi) is 17.0. The van der Waals surface area contributed by atoms with E-state index in [4.69, 9.17) is 5.73 Å². The Bertz CT molecular complexity index is 1080. The Morgan fingerprint density at radius 1 is 1.18 bits per heavy atom.